The van der Waals surface area contributed by atoms with E-state index in [1.165, 1.54) is 6.07 Å². The van der Waals surface area contributed by atoms with Crippen molar-refractivity contribution in [3.05, 3.63) is 106 Å². The number of anilines is 1. The number of rotatable bonds is 3. The van der Waals surface area contributed by atoms with Crippen LogP contribution in [0, 0.1) is 6.92 Å². The number of halogens is 4. The molecule has 33 heavy (non-hydrogen) atoms. The van der Waals surface area contributed by atoms with Crippen molar-refractivity contribution in [3.63, 3.8) is 0 Å². The van der Waals surface area contributed by atoms with Gasteiger partial charge >= 0.3 is 6.18 Å². The highest BCUT2D eigenvalue weighted by Gasteiger charge is 2.47. The van der Waals surface area contributed by atoms with Gasteiger partial charge in [-0.3, -0.25) is 14.5 Å². The molecular weight excluding hydrogens is 455 g/mol. The third-order valence-corrected chi connectivity index (χ3v) is 5.73. The van der Waals surface area contributed by atoms with Gasteiger partial charge in [-0.15, -0.1) is 0 Å². The molecule has 1 aliphatic heterocycles. The second-order valence-electron chi connectivity index (χ2n) is 7.58. The minimum absolute atomic E-state index is 0.100. The predicted molar refractivity (Wildman–Crippen MR) is 119 cm³/mol. The SMILES string of the molecule is Cc1ccccc1C1/C(=C(\O)c2cccc(Cl)c2)C(=O)C(=O)N1c1ccc(C(F)(F)F)cc1. The summed E-state index contributed by atoms with van der Waals surface area (Å²) in [6.45, 7) is 1.78. The van der Waals surface area contributed by atoms with Gasteiger partial charge in [0, 0.05) is 16.3 Å². The molecule has 4 nitrogen and oxygen atoms in total. The zero-order chi connectivity index (χ0) is 23.9. The molecule has 0 aromatic heterocycles. The van der Waals surface area contributed by atoms with Gasteiger partial charge in [0.15, 0.2) is 0 Å². The van der Waals surface area contributed by atoms with Gasteiger partial charge in [-0.05, 0) is 54.4 Å². The quantitative estimate of drug-likeness (QED) is 0.277. The molecule has 0 aliphatic carbocycles. The van der Waals surface area contributed by atoms with Crippen LogP contribution in [0.4, 0.5) is 18.9 Å². The van der Waals surface area contributed by atoms with Crippen LogP contribution in [0.5, 0.6) is 0 Å². The number of aliphatic hydroxyl groups excluding tert-OH is 1. The summed E-state index contributed by atoms with van der Waals surface area (Å²) in [4.78, 5) is 27.3. The largest absolute Gasteiger partial charge is 0.507 e. The summed E-state index contributed by atoms with van der Waals surface area (Å²) in [7, 11) is 0. The Bertz CT molecular complexity index is 1280. The highest BCUT2D eigenvalue weighted by molar-refractivity contribution is 6.51. The minimum atomic E-state index is -4.55. The first kappa shape index (κ1) is 22.6. The number of carbonyl (C=O) groups excluding carboxylic acids is 2. The lowest BCUT2D eigenvalue weighted by Gasteiger charge is -2.27. The normalized spacial score (nSPS) is 18.1. The Kier molecular flexibility index (Phi) is 5.76. The highest BCUT2D eigenvalue weighted by Crippen LogP contribution is 2.43. The maximum absolute atomic E-state index is 13.1. The summed E-state index contributed by atoms with van der Waals surface area (Å²) in [5, 5.41) is 11.4. The van der Waals surface area contributed by atoms with Crippen LogP contribution in [0.1, 0.15) is 28.3 Å². The summed E-state index contributed by atoms with van der Waals surface area (Å²) < 4.78 is 39.1. The third kappa shape index (κ3) is 4.12. The van der Waals surface area contributed by atoms with Crippen LogP contribution in [0.3, 0.4) is 0 Å². The van der Waals surface area contributed by atoms with E-state index in [9.17, 15) is 27.9 Å². The first-order valence-corrected chi connectivity index (χ1v) is 10.3. The first-order chi connectivity index (χ1) is 15.6. The number of ketones is 1. The van der Waals surface area contributed by atoms with Crippen molar-refractivity contribution in [2.75, 3.05) is 4.90 Å². The van der Waals surface area contributed by atoms with E-state index >= 15 is 0 Å². The number of hydrogen-bond acceptors (Lipinski definition) is 3. The van der Waals surface area contributed by atoms with E-state index in [-0.39, 0.29) is 16.8 Å². The van der Waals surface area contributed by atoms with E-state index in [0.717, 1.165) is 34.7 Å². The lowest BCUT2D eigenvalue weighted by Crippen LogP contribution is -2.29. The number of Topliss-reactive ketones (excluding diaryl/α,β-unsaturated/α-hetero) is 1. The maximum Gasteiger partial charge on any atom is 0.416 e. The fourth-order valence-electron chi connectivity index (χ4n) is 3.89. The van der Waals surface area contributed by atoms with Gasteiger partial charge in [-0.25, -0.2) is 0 Å². The number of hydrogen-bond donors (Lipinski definition) is 1. The average Bonchev–Trinajstić information content (AvgIpc) is 3.03. The van der Waals surface area contributed by atoms with E-state index in [1.807, 2.05) is 0 Å². The van der Waals surface area contributed by atoms with Gasteiger partial charge in [0.05, 0.1) is 17.2 Å². The number of carbonyl (C=O) groups is 2. The fourth-order valence-corrected chi connectivity index (χ4v) is 4.08. The third-order valence-electron chi connectivity index (χ3n) is 5.50. The van der Waals surface area contributed by atoms with Crippen LogP contribution in [-0.4, -0.2) is 16.8 Å². The molecule has 3 aromatic rings. The molecule has 1 amide bonds. The smallest absolute Gasteiger partial charge is 0.416 e. The average molecular weight is 472 g/mol. The minimum Gasteiger partial charge on any atom is -0.507 e. The summed E-state index contributed by atoms with van der Waals surface area (Å²) in [6.07, 6.45) is -4.55. The summed E-state index contributed by atoms with van der Waals surface area (Å²) in [5.74, 6) is -2.31. The highest BCUT2D eigenvalue weighted by atomic mass is 35.5. The molecule has 1 aliphatic rings. The molecular formula is C25H17ClF3NO3. The molecule has 8 heteroatoms. The maximum atomic E-state index is 13.1. The Hall–Kier alpha value is -3.58. The number of nitrogens with zero attached hydrogens (tertiary/aromatic N) is 1. The lowest BCUT2D eigenvalue weighted by molar-refractivity contribution is -0.137. The van der Waals surface area contributed by atoms with Gasteiger partial charge in [0.1, 0.15) is 5.76 Å². The van der Waals surface area contributed by atoms with E-state index in [0.29, 0.717) is 10.6 Å². The van der Waals surface area contributed by atoms with E-state index in [4.69, 9.17) is 11.6 Å². The Morgan fingerprint density at radius 2 is 1.64 bits per heavy atom. The number of benzene rings is 3. The van der Waals surface area contributed by atoms with Crippen molar-refractivity contribution in [3.8, 4) is 0 Å². The van der Waals surface area contributed by atoms with E-state index in [1.54, 1.807) is 49.4 Å². The monoisotopic (exact) mass is 471 g/mol. The molecule has 1 N–H and O–H groups in total. The molecule has 0 saturated carbocycles. The molecule has 168 valence electrons. The van der Waals surface area contributed by atoms with Gasteiger partial charge < -0.3 is 5.11 Å². The number of amides is 1. The van der Waals surface area contributed by atoms with Gasteiger partial charge in [-0.2, -0.15) is 13.2 Å². The molecule has 0 bridgehead atoms. The van der Waals surface area contributed by atoms with Crippen molar-refractivity contribution in [2.45, 2.75) is 19.1 Å². The zero-order valence-electron chi connectivity index (χ0n) is 17.2. The van der Waals surface area contributed by atoms with Crippen molar-refractivity contribution in [1.29, 1.82) is 0 Å². The van der Waals surface area contributed by atoms with E-state index in [2.05, 4.69) is 0 Å². The Morgan fingerprint density at radius 3 is 2.24 bits per heavy atom. The van der Waals surface area contributed by atoms with E-state index < -0.39 is 35.2 Å². The molecule has 1 saturated heterocycles. The molecule has 0 radical (unpaired) electrons. The Balaban J connectivity index is 1.93. The van der Waals surface area contributed by atoms with Crippen LogP contribution in [0.25, 0.3) is 5.76 Å². The van der Waals surface area contributed by atoms with Crippen LogP contribution >= 0.6 is 11.6 Å². The van der Waals surface area contributed by atoms with Crippen molar-refractivity contribution >= 4 is 34.7 Å². The molecule has 4 rings (SSSR count). The second-order valence-corrected chi connectivity index (χ2v) is 8.02. The van der Waals surface area contributed by atoms with Crippen LogP contribution < -0.4 is 4.90 Å². The first-order valence-electron chi connectivity index (χ1n) is 9.89. The summed E-state index contributed by atoms with van der Waals surface area (Å²) >= 11 is 6.03. The molecule has 0 spiro atoms. The zero-order valence-corrected chi connectivity index (χ0v) is 18.0. The predicted octanol–water partition coefficient (Wildman–Crippen LogP) is 6.29. The van der Waals surface area contributed by atoms with Crippen LogP contribution in [0.2, 0.25) is 5.02 Å². The number of aryl methyl sites for hydroxylation is 1. The molecule has 1 heterocycles. The Morgan fingerprint density at radius 1 is 0.970 bits per heavy atom. The standard InChI is InChI=1S/C25H17ClF3NO3/c1-14-5-2-3-8-19(14)21-20(22(31)15-6-4-7-17(26)13-15)23(32)24(33)30(21)18-11-9-16(10-12-18)25(27,28)29/h2-13,21,31H,1H3/b22-20+. The van der Waals surface area contributed by atoms with Crippen LogP contribution in [-0.2, 0) is 15.8 Å². The van der Waals surface area contributed by atoms with Gasteiger partial charge in [0.2, 0.25) is 0 Å². The van der Waals surface area contributed by atoms with Crippen LogP contribution in [0.15, 0.2) is 78.4 Å². The molecule has 1 unspecified atom stereocenters. The molecule has 1 atom stereocenters. The van der Waals surface area contributed by atoms with Crippen molar-refractivity contribution in [1.82, 2.24) is 0 Å². The summed E-state index contributed by atoms with van der Waals surface area (Å²) in [5.41, 5.74) is 0.583. The molecule has 3 aromatic carbocycles. The molecule has 1 fully saturated rings. The van der Waals surface area contributed by atoms with Gasteiger partial charge in [-0.1, -0.05) is 48.0 Å². The fraction of sp³-hybridized carbons (Fsp3) is 0.120. The number of alkyl halides is 3. The number of aliphatic hydroxyl groups is 1. The lowest BCUT2D eigenvalue weighted by atomic mass is 9.92. The topological polar surface area (TPSA) is 57.6 Å². The second kappa shape index (κ2) is 8.41. The summed E-state index contributed by atoms with van der Waals surface area (Å²) in [6, 6.07) is 16.1. The van der Waals surface area contributed by atoms with Gasteiger partial charge in [0.25, 0.3) is 11.7 Å². The Labute approximate surface area is 192 Å². The van der Waals surface area contributed by atoms with Crippen molar-refractivity contribution < 1.29 is 27.9 Å². The van der Waals surface area contributed by atoms with Crippen molar-refractivity contribution in [2.24, 2.45) is 0 Å².